The summed E-state index contributed by atoms with van der Waals surface area (Å²) in [7, 11) is 0. The SMILES string of the molecule is Cc1ccc(/C(C#N)=C\C=C\c2ccccc2)cc1. The topological polar surface area (TPSA) is 23.8 Å². The second-order valence-corrected chi connectivity index (χ2v) is 4.33. The zero-order valence-electron chi connectivity index (χ0n) is 10.9. The van der Waals surface area contributed by atoms with Crippen molar-refractivity contribution in [2.45, 2.75) is 6.92 Å². The maximum atomic E-state index is 9.19. The molecule has 0 N–H and O–H groups in total. The molecule has 0 aliphatic rings. The van der Waals surface area contributed by atoms with E-state index in [9.17, 15) is 5.26 Å². The van der Waals surface area contributed by atoms with Crippen molar-refractivity contribution >= 4 is 11.6 Å². The summed E-state index contributed by atoms with van der Waals surface area (Å²) in [4.78, 5) is 0. The zero-order chi connectivity index (χ0) is 13.5. The van der Waals surface area contributed by atoms with Crippen LogP contribution in [0.15, 0.2) is 66.7 Å². The lowest BCUT2D eigenvalue weighted by Gasteiger charge is -1.98. The van der Waals surface area contributed by atoms with E-state index in [1.165, 1.54) is 5.56 Å². The lowest BCUT2D eigenvalue weighted by Crippen LogP contribution is -1.81. The van der Waals surface area contributed by atoms with Gasteiger partial charge in [0.15, 0.2) is 0 Å². The monoisotopic (exact) mass is 245 g/mol. The third-order valence-electron chi connectivity index (χ3n) is 2.83. The Labute approximate surface area is 114 Å². The standard InChI is InChI=1S/C18H15N/c1-15-10-12-17(13-11-15)18(14-19)9-5-8-16-6-3-2-4-7-16/h2-13H,1H3/b8-5+,18-9-. The van der Waals surface area contributed by atoms with Crippen LogP contribution >= 0.6 is 0 Å². The molecule has 0 aliphatic carbocycles. The highest BCUT2D eigenvalue weighted by Crippen LogP contribution is 2.14. The summed E-state index contributed by atoms with van der Waals surface area (Å²) >= 11 is 0. The lowest BCUT2D eigenvalue weighted by molar-refractivity contribution is 1.45. The van der Waals surface area contributed by atoms with Crippen LogP contribution in [-0.2, 0) is 0 Å². The van der Waals surface area contributed by atoms with Crippen molar-refractivity contribution in [3.63, 3.8) is 0 Å². The van der Waals surface area contributed by atoms with Crippen LogP contribution in [0.5, 0.6) is 0 Å². The molecule has 0 saturated heterocycles. The summed E-state index contributed by atoms with van der Waals surface area (Å²) in [6.45, 7) is 2.04. The molecule has 19 heavy (non-hydrogen) atoms. The van der Waals surface area contributed by atoms with Crippen molar-refractivity contribution < 1.29 is 0 Å². The van der Waals surface area contributed by atoms with Gasteiger partial charge in [-0.3, -0.25) is 0 Å². The Hall–Kier alpha value is -2.59. The first kappa shape index (κ1) is 12.9. The molecule has 0 aromatic heterocycles. The second kappa shape index (κ2) is 6.37. The molecule has 92 valence electrons. The molecule has 0 amide bonds. The summed E-state index contributed by atoms with van der Waals surface area (Å²) in [5.41, 5.74) is 3.94. The van der Waals surface area contributed by atoms with E-state index in [0.717, 1.165) is 11.1 Å². The summed E-state index contributed by atoms with van der Waals surface area (Å²) in [5, 5.41) is 9.19. The van der Waals surface area contributed by atoms with Crippen LogP contribution in [0.4, 0.5) is 0 Å². The maximum absolute atomic E-state index is 9.19. The first-order valence-corrected chi connectivity index (χ1v) is 6.20. The molecular weight excluding hydrogens is 230 g/mol. The number of hydrogen-bond acceptors (Lipinski definition) is 1. The van der Waals surface area contributed by atoms with Gasteiger partial charge in [-0.15, -0.1) is 0 Å². The van der Waals surface area contributed by atoms with Crippen LogP contribution in [0.1, 0.15) is 16.7 Å². The van der Waals surface area contributed by atoms with Crippen molar-refractivity contribution in [2.24, 2.45) is 0 Å². The van der Waals surface area contributed by atoms with Gasteiger partial charge in [0.1, 0.15) is 0 Å². The first-order chi connectivity index (χ1) is 9.29. The molecule has 1 nitrogen and oxygen atoms in total. The summed E-state index contributed by atoms with van der Waals surface area (Å²) in [6, 6.07) is 20.2. The first-order valence-electron chi connectivity index (χ1n) is 6.20. The van der Waals surface area contributed by atoms with E-state index < -0.39 is 0 Å². The molecule has 0 unspecified atom stereocenters. The number of aryl methyl sites for hydroxylation is 1. The molecule has 0 radical (unpaired) electrons. The van der Waals surface area contributed by atoms with Gasteiger partial charge in [0.05, 0.1) is 11.6 Å². The highest BCUT2D eigenvalue weighted by Gasteiger charge is 1.97. The predicted octanol–water partition coefficient (Wildman–Crippen LogP) is 4.62. The van der Waals surface area contributed by atoms with Gasteiger partial charge in [-0.1, -0.05) is 72.3 Å². The Kier molecular flexibility index (Phi) is 4.31. The molecule has 0 bridgehead atoms. The van der Waals surface area contributed by atoms with E-state index in [0.29, 0.717) is 5.57 Å². The molecule has 0 saturated carbocycles. The van der Waals surface area contributed by atoms with E-state index in [-0.39, 0.29) is 0 Å². The lowest BCUT2D eigenvalue weighted by atomic mass is 10.0. The molecule has 0 aliphatic heterocycles. The second-order valence-electron chi connectivity index (χ2n) is 4.33. The van der Waals surface area contributed by atoms with E-state index in [1.807, 2.05) is 79.7 Å². The van der Waals surface area contributed by atoms with Crippen LogP contribution in [0.2, 0.25) is 0 Å². The quantitative estimate of drug-likeness (QED) is 0.572. The minimum Gasteiger partial charge on any atom is -0.192 e. The van der Waals surface area contributed by atoms with E-state index >= 15 is 0 Å². The third-order valence-corrected chi connectivity index (χ3v) is 2.83. The minimum atomic E-state index is 0.673. The molecule has 0 fully saturated rings. The van der Waals surface area contributed by atoms with E-state index in [2.05, 4.69) is 6.07 Å². The van der Waals surface area contributed by atoms with Gasteiger partial charge in [-0.05, 0) is 24.1 Å². The molecule has 2 aromatic rings. The normalized spacial score (nSPS) is 11.5. The number of rotatable bonds is 3. The van der Waals surface area contributed by atoms with Gasteiger partial charge >= 0.3 is 0 Å². The smallest absolute Gasteiger partial charge is 0.0997 e. The molecule has 0 atom stereocenters. The van der Waals surface area contributed by atoms with Crippen LogP contribution < -0.4 is 0 Å². The number of allylic oxidation sites excluding steroid dienone is 3. The maximum Gasteiger partial charge on any atom is 0.0997 e. The molecule has 0 heterocycles. The Balaban J connectivity index is 2.19. The van der Waals surface area contributed by atoms with E-state index in [4.69, 9.17) is 0 Å². The number of nitrogens with zero attached hydrogens (tertiary/aromatic N) is 1. The average Bonchev–Trinajstić information content (AvgIpc) is 2.46. The van der Waals surface area contributed by atoms with Gasteiger partial charge in [0, 0.05) is 0 Å². The van der Waals surface area contributed by atoms with Gasteiger partial charge in [0.25, 0.3) is 0 Å². The van der Waals surface area contributed by atoms with Crippen LogP contribution in [0, 0.1) is 18.3 Å². The molecule has 2 aromatic carbocycles. The predicted molar refractivity (Wildman–Crippen MR) is 80.2 cm³/mol. The van der Waals surface area contributed by atoms with Gasteiger partial charge in [-0.25, -0.2) is 0 Å². The highest BCUT2D eigenvalue weighted by atomic mass is 14.2. The number of nitriles is 1. The number of hydrogen-bond donors (Lipinski definition) is 0. The summed E-state index contributed by atoms with van der Waals surface area (Å²) < 4.78 is 0. The molecule has 2 rings (SSSR count). The van der Waals surface area contributed by atoms with Crippen molar-refractivity contribution in [2.75, 3.05) is 0 Å². The average molecular weight is 245 g/mol. The van der Waals surface area contributed by atoms with Gasteiger partial charge < -0.3 is 0 Å². The Morgan fingerprint density at radius 3 is 2.32 bits per heavy atom. The Morgan fingerprint density at radius 1 is 1.00 bits per heavy atom. The number of benzene rings is 2. The van der Waals surface area contributed by atoms with Gasteiger partial charge in [-0.2, -0.15) is 5.26 Å². The highest BCUT2D eigenvalue weighted by molar-refractivity contribution is 5.78. The van der Waals surface area contributed by atoms with Crippen LogP contribution in [0.25, 0.3) is 11.6 Å². The van der Waals surface area contributed by atoms with Crippen molar-refractivity contribution in [1.29, 1.82) is 5.26 Å². The Morgan fingerprint density at radius 2 is 1.68 bits per heavy atom. The van der Waals surface area contributed by atoms with Crippen molar-refractivity contribution in [3.05, 3.63) is 83.4 Å². The van der Waals surface area contributed by atoms with E-state index in [1.54, 1.807) is 0 Å². The van der Waals surface area contributed by atoms with Crippen LogP contribution in [-0.4, -0.2) is 0 Å². The Bertz CT molecular complexity index is 626. The minimum absolute atomic E-state index is 0.673. The fraction of sp³-hybridized carbons (Fsp3) is 0.0556. The van der Waals surface area contributed by atoms with Gasteiger partial charge in [0.2, 0.25) is 0 Å². The largest absolute Gasteiger partial charge is 0.192 e. The van der Waals surface area contributed by atoms with Crippen LogP contribution in [0.3, 0.4) is 0 Å². The summed E-state index contributed by atoms with van der Waals surface area (Å²) in [5.74, 6) is 0. The van der Waals surface area contributed by atoms with Crippen molar-refractivity contribution in [3.8, 4) is 6.07 Å². The zero-order valence-corrected chi connectivity index (χ0v) is 10.9. The third kappa shape index (κ3) is 3.69. The molecular formula is C18H15N. The fourth-order valence-electron chi connectivity index (χ4n) is 1.75. The molecule has 0 spiro atoms. The fourth-order valence-corrected chi connectivity index (χ4v) is 1.75. The van der Waals surface area contributed by atoms with Crippen molar-refractivity contribution in [1.82, 2.24) is 0 Å². The molecule has 1 heteroatoms. The summed E-state index contributed by atoms with van der Waals surface area (Å²) in [6.07, 6.45) is 5.75.